The highest BCUT2D eigenvalue weighted by molar-refractivity contribution is 5.82. The number of hydrogen-bond acceptors (Lipinski definition) is 4. The lowest BCUT2D eigenvalue weighted by Crippen LogP contribution is -2.40. The van der Waals surface area contributed by atoms with Gasteiger partial charge in [-0.1, -0.05) is 13.0 Å². The SMILES string of the molecule is CN=C(NCc1ccc(-n2ccnc2)c(F)c1)N1CC(C)C(C(=O)OC)C1. The Bertz CT molecular complexity index is 822. The van der Waals surface area contributed by atoms with Crippen LogP contribution in [0.2, 0.25) is 0 Å². The van der Waals surface area contributed by atoms with Gasteiger partial charge in [0.05, 0.1) is 25.0 Å². The average Bonchev–Trinajstić information content (AvgIpc) is 3.32. The number of methoxy groups -OCH3 is 1. The Morgan fingerprint density at radius 3 is 2.89 bits per heavy atom. The number of rotatable bonds is 4. The third-order valence-electron chi connectivity index (χ3n) is 4.87. The second-order valence-electron chi connectivity index (χ2n) is 6.67. The maximum Gasteiger partial charge on any atom is 0.310 e. The zero-order valence-electron chi connectivity index (χ0n) is 15.7. The number of esters is 1. The number of imidazole rings is 1. The van der Waals surface area contributed by atoms with E-state index in [1.54, 1.807) is 36.4 Å². The third-order valence-corrected chi connectivity index (χ3v) is 4.87. The van der Waals surface area contributed by atoms with Gasteiger partial charge in [-0.15, -0.1) is 0 Å². The van der Waals surface area contributed by atoms with Crippen LogP contribution in [0.4, 0.5) is 4.39 Å². The molecule has 8 heteroatoms. The third kappa shape index (κ3) is 4.10. The van der Waals surface area contributed by atoms with Gasteiger partial charge in [0, 0.05) is 39.1 Å². The second-order valence-corrected chi connectivity index (χ2v) is 6.67. The standard InChI is InChI=1S/C19H24FN5O2/c1-13-10-25(11-15(13)18(26)27-3)19(21-2)23-9-14-4-5-17(16(20)8-14)24-7-6-22-12-24/h4-8,12-13,15H,9-11H2,1-3H3,(H,21,23). The van der Waals surface area contributed by atoms with Crippen molar-refractivity contribution in [3.05, 3.63) is 48.3 Å². The molecule has 0 bridgehead atoms. The van der Waals surface area contributed by atoms with Gasteiger partial charge in [-0.3, -0.25) is 9.79 Å². The van der Waals surface area contributed by atoms with Crippen LogP contribution in [0.1, 0.15) is 12.5 Å². The van der Waals surface area contributed by atoms with E-state index in [-0.39, 0.29) is 23.6 Å². The Morgan fingerprint density at radius 1 is 1.44 bits per heavy atom. The summed E-state index contributed by atoms with van der Waals surface area (Å²) in [6.07, 6.45) is 4.87. The maximum atomic E-state index is 14.4. The molecular formula is C19H24FN5O2. The summed E-state index contributed by atoms with van der Waals surface area (Å²) in [6, 6.07) is 5.09. The number of guanidine groups is 1. The summed E-state index contributed by atoms with van der Waals surface area (Å²) in [5, 5.41) is 3.25. The first-order valence-electron chi connectivity index (χ1n) is 8.83. The normalized spacial score (nSPS) is 20.0. The van der Waals surface area contributed by atoms with Crippen LogP contribution >= 0.6 is 0 Å². The summed E-state index contributed by atoms with van der Waals surface area (Å²) in [4.78, 5) is 22.1. The fraction of sp³-hybridized carbons (Fsp3) is 0.421. The van der Waals surface area contributed by atoms with E-state index in [1.807, 2.05) is 17.9 Å². The monoisotopic (exact) mass is 373 g/mol. The summed E-state index contributed by atoms with van der Waals surface area (Å²) >= 11 is 0. The van der Waals surface area contributed by atoms with Gasteiger partial charge in [-0.2, -0.15) is 0 Å². The van der Waals surface area contributed by atoms with E-state index in [4.69, 9.17) is 4.74 Å². The Balaban J connectivity index is 1.63. The molecule has 0 aliphatic carbocycles. The minimum absolute atomic E-state index is 0.166. The van der Waals surface area contributed by atoms with Crippen molar-refractivity contribution in [2.45, 2.75) is 13.5 Å². The van der Waals surface area contributed by atoms with Crippen LogP contribution in [0.15, 0.2) is 41.9 Å². The number of ether oxygens (including phenoxy) is 1. The number of hydrogen-bond donors (Lipinski definition) is 1. The van der Waals surface area contributed by atoms with Crippen LogP contribution in [-0.4, -0.2) is 53.6 Å². The molecule has 0 radical (unpaired) electrons. The van der Waals surface area contributed by atoms with E-state index in [9.17, 15) is 9.18 Å². The van der Waals surface area contributed by atoms with Gasteiger partial charge in [0.1, 0.15) is 5.82 Å². The lowest BCUT2D eigenvalue weighted by Gasteiger charge is -2.21. The Kier molecular flexibility index (Phi) is 5.73. The van der Waals surface area contributed by atoms with Crippen molar-refractivity contribution in [3.8, 4) is 5.69 Å². The van der Waals surface area contributed by atoms with E-state index in [0.29, 0.717) is 31.3 Å². The molecule has 27 heavy (non-hydrogen) atoms. The van der Waals surface area contributed by atoms with Crippen molar-refractivity contribution < 1.29 is 13.9 Å². The lowest BCUT2D eigenvalue weighted by molar-refractivity contribution is -0.145. The highest BCUT2D eigenvalue weighted by Gasteiger charge is 2.36. The molecule has 2 unspecified atom stereocenters. The Morgan fingerprint density at radius 2 is 2.26 bits per heavy atom. The van der Waals surface area contributed by atoms with Crippen LogP contribution in [0, 0.1) is 17.7 Å². The summed E-state index contributed by atoms with van der Waals surface area (Å²) < 4.78 is 20.9. The van der Waals surface area contributed by atoms with Gasteiger partial charge in [0.2, 0.25) is 0 Å². The topological polar surface area (TPSA) is 71.8 Å². The molecule has 7 nitrogen and oxygen atoms in total. The van der Waals surface area contributed by atoms with Crippen molar-refractivity contribution >= 4 is 11.9 Å². The molecule has 1 aromatic carbocycles. The molecule has 1 aliphatic heterocycles. The minimum atomic E-state index is -0.317. The van der Waals surface area contributed by atoms with Gasteiger partial charge in [0.25, 0.3) is 0 Å². The highest BCUT2D eigenvalue weighted by Crippen LogP contribution is 2.24. The predicted octanol–water partition coefficient (Wildman–Crippen LogP) is 1.83. The van der Waals surface area contributed by atoms with Gasteiger partial charge < -0.3 is 19.5 Å². The second kappa shape index (κ2) is 8.20. The molecular weight excluding hydrogens is 349 g/mol. The number of nitrogens with zero attached hydrogens (tertiary/aromatic N) is 4. The first kappa shape index (κ1) is 18.9. The lowest BCUT2D eigenvalue weighted by atomic mass is 9.99. The molecule has 1 aromatic heterocycles. The van der Waals surface area contributed by atoms with Crippen LogP contribution in [0.25, 0.3) is 5.69 Å². The summed E-state index contributed by atoms with van der Waals surface area (Å²) in [7, 11) is 3.11. The van der Waals surface area contributed by atoms with Gasteiger partial charge in [-0.05, 0) is 23.6 Å². The van der Waals surface area contributed by atoms with Crippen molar-refractivity contribution in [1.82, 2.24) is 19.8 Å². The summed E-state index contributed by atoms with van der Waals surface area (Å²) in [5.41, 5.74) is 1.25. The number of halogens is 1. The van der Waals surface area contributed by atoms with Crippen LogP contribution in [-0.2, 0) is 16.1 Å². The van der Waals surface area contributed by atoms with Crippen molar-refractivity contribution in [2.24, 2.45) is 16.8 Å². The van der Waals surface area contributed by atoms with E-state index in [0.717, 1.165) is 5.56 Å². The fourth-order valence-corrected chi connectivity index (χ4v) is 3.38. The number of benzene rings is 1. The minimum Gasteiger partial charge on any atom is -0.469 e. The largest absolute Gasteiger partial charge is 0.469 e. The number of nitrogens with one attached hydrogen (secondary N) is 1. The maximum absolute atomic E-state index is 14.4. The predicted molar refractivity (Wildman–Crippen MR) is 100.0 cm³/mol. The molecule has 3 rings (SSSR count). The summed E-state index contributed by atoms with van der Waals surface area (Å²) in [6.45, 7) is 3.73. The molecule has 2 heterocycles. The number of carbonyl (C=O) groups excluding carboxylic acids is 1. The fourth-order valence-electron chi connectivity index (χ4n) is 3.38. The molecule has 2 aromatic rings. The zero-order chi connectivity index (χ0) is 19.4. The van der Waals surface area contributed by atoms with Crippen LogP contribution in [0.3, 0.4) is 0 Å². The van der Waals surface area contributed by atoms with E-state index < -0.39 is 0 Å². The Labute approximate surface area is 157 Å². The zero-order valence-corrected chi connectivity index (χ0v) is 15.7. The molecule has 1 aliphatic rings. The van der Waals surface area contributed by atoms with Crippen LogP contribution in [0.5, 0.6) is 0 Å². The number of likely N-dealkylation sites (tertiary alicyclic amines) is 1. The van der Waals surface area contributed by atoms with Crippen molar-refractivity contribution in [1.29, 1.82) is 0 Å². The molecule has 0 spiro atoms. The number of aliphatic imine (C=N–C) groups is 1. The van der Waals surface area contributed by atoms with Gasteiger partial charge in [0.15, 0.2) is 5.96 Å². The van der Waals surface area contributed by atoms with Crippen LogP contribution < -0.4 is 5.32 Å². The molecule has 1 saturated heterocycles. The molecule has 0 saturated carbocycles. The summed E-state index contributed by atoms with van der Waals surface area (Å²) in [5.74, 6) is 0.191. The first-order chi connectivity index (χ1) is 13.0. The molecule has 1 N–H and O–H groups in total. The van der Waals surface area contributed by atoms with Crippen molar-refractivity contribution in [2.75, 3.05) is 27.2 Å². The molecule has 2 atom stereocenters. The van der Waals surface area contributed by atoms with Gasteiger partial charge in [-0.25, -0.2) is 9.37 Å². The number of aromatic nitrogens is 2. The number of carbonyl (C=O) groups is 1. The van der Waals surface area contributed by atoms with E-state index in [2.05, 4.69) is 15.3 Å². The van der Waals surface area contributed by atoms with E-state index in [1.165, 1.54) is 13.2 Å². The molecule has 1 fully saturated rings. The average molecular weight is 373 g/mol. The van der Waals surface area contributed by atoms with E-state index >= 15 is 0 Å². The first-order valence-corrected chi connectivity index (χ1v) is 8.83. The molecule has 0 amide bonds. The molecule has 144 valence electrons. The van der Waals surface area contributed by atoms with Gasteiger partial charge >= 0.3 is 5.97 Å². The highest BCUT2D eigenvalue weighted by atomic mass is 19.1. The Hall–Kier alpha value is -2.90. The van der Waals surface area contributed by atoms with Crippen molar-refractivity contribution in [3.63, 3.8) is 0 Å². The quantitative estimate of drug-likeness (QED) is 0.503. The smallest absolute Gasteiger partial charge is 0.310 e.